The number of urea groups is 1. The third kappa shape index (κ3) is 4.48. The van der Waals surface area contributed by atoms with Crippen molar-refractivity contribution in [3.63, 3.8) is 0 Å². The smallest absolute Gasteiger partial charge is 0.319 e. The molecule has 0 spiro atoms. The predicted molar refractivity (Wildman–Crippen MR) is 88.2 cm³/mol. The minimum Gasteiger partial charge on any atom is -0.333 e. The normalized spacial score (nSPS) is 11.0. The average Bonchev–Trinajstić information content (AvgIpc) is 2.42. The van der Waals surface area contributed by atoms with Gasteiger partial charge in [-0.25, -0.2) is 4.79 Å². The molecule has 0 aliphatic carbocycles. The van der Waals surface area contributed by atoms with E-state index in [1.54, 1.807) is 22.9 Å². The molecule has 0 aliphatic heterocycles. The second-order valence-corrected chi connectivity index (χ2v) is 6.17. The number of amides is 2. The van der Waals surface area contributed by atoms with Crippen LogP contribution < -0.4 is 16.2 Å². The molecule has 0 bridgehead atoms. The second-order valence-electron chi connectivity index (χ2n) is 6.17. The van der Waals surface area contributed by atoms with Crippen molar-refractivity contribution in [1.29, 1.82) is 0 Å². The lowest BCUT2D eigenvalue weighted by Gasteiger charge is -2.20. The molecule has 2 rings (SSSR count). The van der Waals surface area contributed by atoms with Crippen molar-refractivity contribution in [2.24, 2.45) is 0 Å². The summed E-state index contributed by atoms with van der Waals surface area (Å²) < 4.78 is 1.57. The van der Waals surface area contributed by atoms with Crippen molar-refractivity contribution in [1.82, 2.24) is 9.88 Å². The van der Waals surface area contributed by atoms with Gasteiger partial charge in [0, 0.05) is 11.7 Å². The summed E-state index contributed by atoms with van der Waals surface area (Å²) >= 11 is 0. The molecule has 0 unspecified atom stereocenters. The highest BCUT2D eigenvalue weighted by molar-refractivity contribution is 5.89. The number of anilines is 1. The average molecular weight is 299 g/mol. The van der Waals surface area contributed by atoms with Crippen molar-refractivity contribution in [3.05, 3.63) is 64.6 Å². The fourth-order valence-electron chi connectivity index (χ4n) is 2.03. The van der Waals surface area contributed by atoms with Crippen LogP contribution in [0.1, 0.15) is 26.3 Å². The van der Waals surface area contributed by atoms with Crippen molar-refractivity contribution in [3.8, 4) is 0 Å². The quantitative estimate of drug-likeness (QED) is 0.915. The van der Waals surface area contributed by atoms with Crippen molar-refractivity contribution < 1.29 is 4.79 Å². The lowest BCUT2D eigenvalue weighted by Crippen LogP contribution is -2.44. The van der Waals surface area contributed by atoms with Gasteiger partial charge in [-0.15, -0.1) is 0 Å². The number of benzene rings is 1. The molecule has 2 amide bonds. The minimum absolute atomic E-state index is 0.226. The van der Waals surface area contributed by atoms with Gasteiger partial charge in [0.15, 0.2) is 0 Å². The zero-order valence-corrected chi connectivity index (χ0v) is 13.1. The first-order valence-corrected chi connectivity index (χ1v) is 7.18. The third-order valence-electron chi connectivity index (χ3n) is 2.95. The van der Waals surface area contributed by atoms with Gasteiger partial charge in [0.2, 0.25) is 0 Å². The highest BCUT2D eigenvalue weighted by Gasteiger charge is 2.15. The number of pyridine rings is 1. The molecule has 116 valence electrons. The van der Waals surface area contributed by atoms with Gasteiger partial charge in [-0.1, -0.05) is 30.3 Å². The third-order valence-corrected chi connectivity index (χ3v) is 2.95. The molecule has 1 heterocycles. The summed E-state index contributed by atoms with van der Waals surface area (Å²) in [6, 6.07) is 12.7. The molecule has 5 nitrogen and oxygen atoms in total. The van der Waals surface area contributed by atoms with Crippen LogP contribution in [-0.4, -0.2) is 16.1 Å². The van der Waals surface area contributed by atoms with Crippen LogP contribution in [0.4, 0.5) is 10.5 Å². The van der Waals surface area contributed by atoms with E-state index in [0.29, 0.717) is 6.54 Å². The summed E-state index contributed by atoms with van der Waals surface area (Å²) in [7, 11) is 0. The molecule has 0 fully saturated rings. The molecule has 0 radical (unpaired) electrons. The van der Waals surface area contributed by atoms with E-state index in [-0.39, 0.29) is 22.8 Å². The Morgan fingerprint density at radius 1 is 1.09 bits per heavy atom. The van der Waals surface area contributed by atoms with E-state index in [0.717, 1.165) is 5.56 Å². The molecule has 2 N–H and O–H groups in total. The summed E-state index contributed by atoms with van der Waals surface area (Å²) in [4.78, 5) is 24.3. The SMILES string of the molecule is CC(C)(C)NC(=O)Nc1cccn(Cc2ccccc2)c1=O. The van der Waals surface area contributed by atoms with E-state index in [1.165, 1.54) is 0 Å². The highest BCUT2D eigenvalue weighted by atomic mass is 16.2. The molecule has 0 aliphatic rings. The van der Waals surface area contributed by atoms with E-state index in [1.807, 2.05) is 51.1 Å². The second kappa shape index (κ2) is 6.47. The topological polar surface area (TPSA) is 63.1 Å². The summed E-state index contributed by atoms with van der Waals surface area (Å²) in [5.74, 6) is 0. The first kappa shape index (κ1) is 15.8. The Bertz CT molecular complexity index is 700. The number of nitrogens with zero attached hydrogens (tertiary/aromatic N) is 1. The van der Waals surface area contributed by atoms with Gasteiger partial charge in [-0.2, -0.15) is 0 Å². The highest BCUT2D eigenvalue weighted by Crippen LogP contribution is 2.05. The van der Waals surface area contributed by atoms with E-state index in [2.05, 4.69) is 10.6 Å². The van der Waals surface area contributed by atoms with Gasteiger partial charge in [-0.3, -0.25) is 4.79 Å². The van der Waals surface area contributed by atoms with Crippen LogP contribution in [0.3, 0.4) is 0 Å². The summed E-state index contributed by atoms with van der Waals surface area (Å²) in [5.41, 5.74) is 0.707. The number of hydrogen-bond donors (Lipinski definition) is 2. The lowest BCUT2D eigenvalue weighted by molar-refractivity contribution is 0.244. The number of carbonyl (C=O) groups excluding carboxylic acids is 1. The number of hydrogen-bond acceptors (Lipinski definition) is 2. The van der Waals surface area contributed by atoms with Crippen LogP contribution in [0.25, 0.3) is 0 Å². The molecular weight excluding hydrogens is 278 g/mol. The Balaban J connectivity index is 2.16. The van der Waals surface area contributed by atoms with Gasteiger partial charge >= 0.3 is 6.03 Å². The molecule has 1 aromatic heterocycles. The Morgan fingerprint density at radius 2 is 1.77 bits per heavy atom. The molecule has 0 atom stereocenters. The molecule has 2 aromatic rings. The maximum absolute atomic E-state index is 12.4. The van der Waals surface area contributed by atoms with E-state index in [4.69, 9.17) is 0 Å². The van der Waals surface area contributed by atoms with Crippen LogP contribution >= 0.6 is 0 Å². The van der Waals surface area contributed by atoms with Crippen LogP contribution in [0.15, 0.2) is 53.5 Å². The van der Waals surface area contributed by atoms with E-state index in [9.17, 15) is 9.59 Å². The summed E-state index contributed by atoms with van der Waals surface area (Å²) in [6.07, 6.45) is 1.71. The van der Waals surface area contributed by atoms with Gasteiger partial charge in [0.1, 0.15) is 5.69 Å². The van der Waals surface area contributed by atoms with Crippen molar-refractivity contribution in [2.75, 3.05) is 5.32 Å². The number of rotatable bonds is 3. The number of carbonyl (C=O) groups is 1. The van der Waals surface area contributed by atoms with E-state index < -0.39 is 0 Å². The largest absolute Gasteiger partial charge is 0.333 e. The molecule has 0 saturated heterocycles. The maximum atomic E-state index is 12.4. The minimum atomic E-state index is -0.387. The Hall–Kier alpha value is -2.56. The maximum Gasteiger partial charge on any atom is 0.319 e. The molecule has 1 aromatic carbocycles. The van der Waals surface area contributed by atoms with Crippen LogP contribution in [0, 0.1) is 0 Å². The molecule has 22 heavy (non-hydrogen) atoms. The number of aromatic nitrogens is 1. The van der Waals surface area contributed by atoms with Crippen LogP contribution in [0.5, 0.6) is 0 Å². The Morgan fingerprint density at radius 3 is 2.41 bits per heavy atom. The Labute approximate surface area is 130 Å². The van der Waals surface area contributed by atoms with Gasteiger partial charge in [0.25, 0.3) is 5.56 Å². The molecular formula is C17H21N3O2. The fourth-order valence-corrected chi connectivity index (χ4v) is 2.03. The first-order valence-electron chi connectivity index (χ1n) is 7.18. The standard InChI is InChI=1S/C17H21N3O2/c1-17(2,3)19-16(22)18-14-10-7-11-20(15(14)21)12-13-8-5-4-6-9-13/h4-11H,12H2,1-3H3,(H2,18,19,22). The van der Waals surface area contributed by atoms with Crippen molar-refractivity contribution in [2.45, 2.75) is 32.9 Å². The Kier molecular flexibility index (Phi) is 4.65. The predicted octanol–water partition coefficient (Wildman–Crippen LogP) is 2.82. The van der Waals surface area contributed by atoms with Crippen LogP contribution in [-0.2, 0) is 6.54 Å². The van der Waals surface area contributed by atoms with Gasteiger partial charge in [0.05, 0.1) is 6.54 Å². The molecule has 0 saturated carbocycles. The van der Waals surface area contributed by atoms with Gasteiger partial charge < -0.3 is 15.2 Å². The monoisotopic (exact) mass is 299 g/mol. The number of nitrogens with one attached hydrogen (secondary N) is 2. The summed E-state index contributed by atoms with van der Waals surface area (Å²) in [6.45, 7) is 6.11. The first-order chi connectivity index (χ1) is 10.3. The lowest BCUT2D eigenvalue weighted by atomic mass is 10.1. The molecule has 5 heteroatoms. The zero-order chi connectivity index (χ0) is 16.2. The van der Waals surface area contributed by atoms with Gasteiger partial charge in [-0.05, 0) is 38.5 Å². The van der Waals surface area contributed by atoms with Crippen molar-refractivity contribution >= 4 is 11.7 Å². The summed E-state index contributed by atoms with van der Waals surface area (Å²) in [5, 5.41) is 5.38. The van der Waals surface area contributed by atoms with Crippen LogP contribution in [0.2, 0.25) is 0 Å². The van der Waals surface area contributed by atoms with E-state index >= 15 is 0 Å². The fraction of sp³-hybridized carbons (Fsp3) is 0.294. The zero-order valence-electron chi connectivity index (χ0n) is 13.1.